The normalized spacial score (nSPS) is 19.5. The van der Waals surface area contributed by atoms with Crippen LogP contribution in [0.15, 0.2) is 36.0 Å². The minimum absolute atomic E-state index is 1.13. The van der Waals surface area contributed by atoms with Gasteiger partial charge in [-0.2, -0.15) is 0 Å². The molecule has 0 heterocycles. The van der Waals surface area contributed by atoms with Crippen molar-refractivity contribution < 1.29 is 0 Å². The smallest absolute Gasteiger partial charge is 0.00975 e. The lowest BCUT2D eigenvalue weighted by Gasteiger charge is -2.00. The molecule has 60 valence electrons. The zero-order valence-electron chi connectivity index (χ0n) is 7.22. The van der Waals surface area contributed by atoms with E-state index in [1.807, 2.05) is 0 Å². The highest BCUT2D eigenvalue weighted by molar-refractivity contribution is 5.29. The lowest BCUT2D eigenvalue weighted by Crippen LogP contribution is -1.80. The molecule has 0 amide bonds. The zero-order chi connectivity index (χ0) is 7.94. The number of allylic oxidation sites excluding steroid dienone is 6. The highest BCUT2D eigenvalue weighted by Crippen LogP contribution is 2.11. The predicted molar refractivity (Wildman–Crippen MR) is 50.5 cm³/mol. The van der Waals surface area contributed by atoms with Crippen molar-refractivity contribution in [2.45, 2.75) is 32.6 Å². The number of hydrogen-bond donors (Lipinski definition) is 0. The third-order valence-corrected chi connectivity index (χ3v) is 1.88. The summed E-state index contributed by atoms with van der Waals surface area (Å²) in [6, 6.07) is 0. The standard InChI is InChI=1S/C11H16/c1-2-3-5-8-11-9-6-4-7-10-11/h4,6-9H,2-3,5,10H2,1H3. The van der Waals surface area contributed by atoms with Crippen molar-refractivity contribution in [1.82, 2.24) is 0 Å². The fourth-order valence-corrected chi connectivity index (χ4v) is 1.17. The zero-order valence-corrected chi connectivity index (χ0v) is 7.22. The Morgan fingerprint density at radius 1 is 1.45 bits per heavy atom. The summed E-state index contributed by atoms with van der Waals surface area (Å²) in [7, 11) is 0. The van der Waals surface area contributed by atoms with Gasteiger partial charge in [-0.25, -0.2) is 0 Å². The molecule has 0 saturated heterocycles. The Hall–Kier alpha value is -0.780. The maximum absolute atomic E-state index is 2.35. The van der Waals surface area contributed by atoms with Crippen LogP contribution in [0.3, 0.4) is 0 Å². The first kappa shape index (κ1) is 8.32. The van der Waals surface area contributed by atoms with E-state index in [4.69, 9.17) is 0 Å². The quantitative estimate of drug-likeness (QED) is 0.536. The van der Waals surface area contributed by atoms with Gasteiger partial charge in [-0.15, -0.1) is 0 Å². The van der Waals surface area contributed by atoms with E-state index in [1.165, 1.54) is 24.8 Å². The number of hydrogen-bond acceptors (Lipinski definition) is 0. The first-order valence-electron chi connectivity index (χ1n) is 4.45. The summed E-state index contributed by atoms with van der Waals surface area (Å²) in [5.74, 6) is 0. The predicted octanol–water partition coefficient (Wildman–Crippen LogP) is 3.62. The fourth-order valence-electron chi connectivity index (χ4n) is 1.17. The Morgan fingerprint density at radius 2 is 2.36 bits per heavy atom. The average molecular weight is 148 g/mol. The molecule has 0 fully saturated rings. The van der Waals surface area contributed by atoms with Crippen LogP contribution in [0.5, 0.6) is 0 Å². The molecule has 1 aliphatic rings. The van der Waals surface area contributed by atoms with Crippen molar-refractivity contribution in [3.05, 3.63) is 36.0 Å². The van der Waals surface area contributed by atoms with Gasteiger partial charge in [0.05, 0.1) is 0 Å². The Kier molecular flexibility index (Phi) is 3.74. The first-order valence-corrected chi connectivity index (χ1v) is 4.45. The largest absolute Gasteiger partial charge is 0.0810 e. The van der Waals surface area contributed by atoms with Gasteiger partial charge in [0, 0.05) is 0 Å². The third-order valence-electron chi connectivity index (χ3n) is 1.88. The number of unbranched alkanes of at least 4 members (excludes halogenated alkanes) is 2. The van der Waals surface area contributed by atoms with Gasteiger partial charge >= 0.3 is 0 Å². The second-order valence-electron chi connectivity index (χ2n) is 2.91. The van der Waals surface area contributed by atoms with Crippen molar-refractivity contribution in [3.63, 3.8) is 0 Å². The molecule has 0 aromatic heterocycles. The van der Waals surface area contributed by atoms with Gasteiger partial charge in [-0.3, -0.25) is 0 Å². The summed E-state index contributed by atoms with van der Waals surface area (Å²) in [6.07, 6.45) is 16.0. The van der Waals surface area contributed by atoms with Gasteiger partial charge in [0.15, 0.2) is 0 Å². The maximum atomic E-state index is 2.35. The van der Waals surface area contributed by atoms with Crippen LogP contribution >= 0.6 is 0 Å². The number of rotatable bonds is 3. The summed E-state index contributed by atoms with van der Waals surface area (Å²) in [5.41, 5.74) is 1.47. The van der Waals surface area contributed by atoms with Crippen molar-refractivity contribution in [1.29, 1.82) is 0 Å². The first-order chi connectivity index (χ1) is 5.43. The lowest BCUT2D eigenvalue weighted by atomic mass is 10.1. The highest BCUT2D eigenvalue weighted by atomic mass is 14.0. The summed E-state index contributed by atoms with van der Waals surface area (Å²) in [5, 5.41) is 0. The van der Waals surface area contributed by atoms with Crippen LogP contribution in [-0.2, 0) is 0 Å². The van der Waals surface area contributed by atoms with Crippen LogP contribution < -0.4 is 0 Å². The molecular formula is C11H16. The molecule has 0 aromatic carbocycles. The molecule has 0 radical (unpaired) electrons. The summed E-state index contributed by atoms with van der Waals surface area (Å²) in [6.45, 7) is 2.23. The van der Waals surface area contributed by atoms with Crippen LogP contribution in [0.2, 0.25) is 0 Å². The SMILES string of the molecule is CCCCC=C1C=CC=CC1. The molecule has 0 unspecified atom stereocenters. The topological polar surface area (TPSA) is 0 Å². The Balaban J connectivity index is 2.29. The molecule has 0 aromatic rings. The van der Waals surface area contributed by atoms with Crippen molar-refractivity contribution in [2.75, 3.05) is 0 Å². The summed E-state index contributed by atoms with van der Waals surface area (Å²) >= 11 is 0. The van der Waals surface area contributed by atoms with E-state index >= 15 is 0 Å². The third kappa shape index (κ3) is 3.22. The summed E-state index contributed by atoms with van der Waals surface area (Å²) < 4.78 is 0. The van der Waals surface area contributed by atoms with Crippen LogP contribution in [0.4, 0.5) is 0 Å². The molecule has 0 bridgehead atoms. The van der Waals surface area contributed by atoms with Gasteiger partial charge in [-0.05, 0) is 18.4 Å². The second kappa shape index (κ2) is 4.95. The minimum atomic E-state index is 1.13. The molecule has 0 saturated carbocycles. The molecule has 0 atom stereocenters. The van der Waals surface area contributed by atoms with E-state index < -0.39 is 0 Å². The molecule has 11 heavy (non-hydrogen) atoms. The van der Waals surface area contributed by atoms with Crippen LogP contribution in [-0.4, -0.2) is 0 Å². The van der Waals surface area contributed by atoms with E-state index in [9.17, 15) is 0 Å². The molecule has 0 heteroatoms. The lowest BCUT2D eigenvalue weighted by molar-refractivity contribution is 0.810. The van der Waals surface area contributed by atoms with E-state index in [0.29, 0.717) is 0 Å². The van der Waals surface area contributed by atoms with E-state index in [-0.39, 0.29) is 0 Å². The van der Waals surface area contributed by atoms with Crippen LogP contribution in [0.25, 0.3) is 0 Å². The minimum Gasteiger partial charge on any atom is -0.0810 e. The van der Waals surface area contributed by atoms with Crippen molar-refractivity contribution in [3.8, 4) is 0 Å². The molecule has 0 N–H and O–H groups in total. The molecule has 0 nitrogen and oxygen atoms in total. The summed E-state index contributed by atoms with van der Waals surface area (Å²) in [4.78, 5) is 0. The van der Waals surface area contributed by atoms with Gasteiger partial charge in [0.1, 0.15) is 0 Å². The molecule has 1 aliphatic carbocycles. The molecule has 0 aliphatic heterocycles. The monoisotopic (exact) mass is 148 g/mol. The van der Waals surface area contributed by atoms with Gasteiger partial charge in [-0.1, -0.05) is 50.1 Å². The van der Waals surface area contributed by atoms with Gasteiger partial charge in [0.2, 0.25) is 0 Å². The second-order valence-corrected chi connectivity index (χ2v) is 2.91. The van der Waals surface area contributed by atoms with Gasteiger partial charge < -0.3 is 0 Å². The molecule has 1 rings (SSSR count). The molecule has 0 spiro atoms. The van der Waals surface area contributed by atoms with Gasteiger partial charge in [0.25, 0.3) is 0 Å². The van der Waals surface area contributed by atoms with Crippen molar-refractivity contribution >= 4 is 0 Å². The average Bonchev–Trinajstić information content (AvgIpc) is 2.07. The van der Waals surface area contributed by atoms with E-state index in [1.54, 1.807) is 0 Å². The van der Waals surface area contributed by atoms with Crippen molar-refractivity contribution in [2.24, 2.45) is 0 Å². The van der Waals surface area contributed by atoms with Crippen LogP contribution in [0, 0.1) is 0 Å². The van der Waals surface area contributed by atoms with E-state index in [0.717, 1.165) is 6.42 Å². The Morgan fingerprint density at radius 3 is 3.00 bits per heavy atom. The fraction of sp³-hybridized carbons (Fsp3) is 0.455. The van der Waals surface area contributed by atoms with Crippen LogP contribution in [0.1, 0.15) is 32.6 Å². The Labute approximate surface area is 69.3 Å². The van der Waals surface area contributed by atoms with E-state index in [2.05, 4.69) is 37.3 Å². The highest BCUT2D eigenvalue weighted by Gasteiger charge is 1.91. The maximum Gasteiger partial charge on any atom is -0.00975 e. The molecular weight excluding hydrogens is 132 g/mol. The Bertz CT molecular complexity index is 182.